The van der Waals surface area contributed by atoms with Crippen LogP contribution in [0.2, 0.25) is 0 Å². The van der Waals surface area contributed by atoms with Crippen LogP contribution in [-0.2, 0) is 16.0 Å². The molecule has 0 heterocycles. The molecule has 0 fully saturated rings. The third-order valence-electron chi connectivity index (χ3n) is 5.16. The summed E-state index contributed by atoms with van der Waals surface area (Å²) in [7, 11) is 2.92. The van der Waals surface area contributed by atoms with Gasteiger partial charge in [-0.2, -0.15) is 0 Å². The first-order valence-electron chi connectivity index (χ1n) is 11.0. The maximum absolute atomic E-state index is 12.4. The van der Waals surface area contributed by atoms with E-state index >= 15 is 0 Å². The van der Waals surface area contributed by atoms with Crippen LogP contribution >= 0.6 is 0 Å². The molecule has 0 radical (unpaired) electrons. The van der Waals surface area contributed by atoms with Gasteiger partial charge < -0.3 is 24.3 Å². The largest absolute Gasteiger partial charge is 0.495 e. The van der Waals surface area contributed by atoms with Gasteiger partial charge in [0.25, 0.3) is 5.91 Å². The average molecular weight is 478 g/mol. The number of methoxy groups -OCH3 is 2. The summed E-state index contributed by atoms with van der Waals surface area (Å²) < 4.78 is 21.2. The standard InChI is InChI=1S/C27H27NO7/c1-4-18-9-11-19(12-10-18)22(29)16-35-27(31)20-13-14-24(25(15-20)33-3)34-17-26(30)28-21-7-5-6-8-23(21)32-2/h5-15H,4,16-17H2,1-3H3,(H,28,30). The molecule has 35 heavy (non-hydrogen) atoms. The maximum atomic E-state index is 12.4. The summed E-state index contributed by atoms with van der Waals surface area (Å²) in [6, 6.07) is 18.6. The lowest BCUT2D eigenvalue weighted by molar-refractivity contribution is -0.118. The molecule has 1 amide bonds. The first-order valence-corrected chi connectivity index (χ1v) is 11.0. The number of anilines is 1. The third kappa shape index (κ3) is 6.83. The molecule has 0 aliphatic carbocycles. The normalized spacial score (nSPS) is 10.3. The van der Waals surface area contributed by atoms with Crippen molar-refractivity contribution in [3.63, 3.8) is 0 Å². The SMILES string of the molecule is CCc1ccc(C(=O)COC(=O)c2ccc(OCC(=O)Nc3ccccc3OC)c(OC)c2)cc1. The number of carbonyl (C=O) groups is 3. The smallest absolute Gasteiger partial charge is 0.338 e. The molecule has 0 bridgehead atoms. The molecule has 3 rings (SSSR count). The quantitative estimate of drug-likeness (QED) is 0.324. The fourth-order valence-electron chi connectivity index (χ4n) is 3.22. The summed E-state index contributed by atoms with van der Waals surface area (Å²) in [5.41, 5.74) is 2.29. The number of aryl methyl sites for hydroxylation is 1. The number of carbonyl (C=O) groups excluding carboxylic acids is 3. The molecule has 3 aromatic rings. The minimum Gasteiger partial charge on any atom is -0.495 e. The van der Waals surface area contributed by atoms with Crippen molar-refractivity contribution in [3.05, 3.63) is 83.4 Å². The number of Topliss-reactive ketones (excluding diaryl/α,β-unsaturated/α-hetero) is 1. The van der Waals surface area contributed by atoms with Gasteiger partial charge in [0.2, 0.25) is 0 Å². The van der Waals surface area contributed by atoms with Crippen molar-refractivity contribution in [3.8, 4) is 17.2 Å². The molecule has 0 saturated heterocycles. The molecule has 0 aliphatic heterocycles. The molecule has 0 aromatic heterocycles. The van der Waals surface area contributed by atoms with E-state index in [0.717, 1.165) is 12.0 Å². The van der Waals surface area contributed by atoms with Crippen LogP contribution in [0.1, 0.15) is 33.2 Å². The summed E-state index contributed by atoms with van der Waals surface area (Å²) in [6.07, 6.45) is 0.872. The molecule has 0 unspecified atom stereocenters. The van der Waals surface area contributed by atoms with Crippen molar-refractivity contribution < 1.29 is 33.3 Å². The Labute approximate surface area is 203 Å². The van der Waals surface area contributed by atoms with E-state index < -0.39 is 11.9 Å². The van der Waals surface area contributed by atoms with Crippen LogP contribution in [0.25, 0.3) is 0 Å². The van der Waals surface area contributed by atoms with Gasteiger partial charge in [0, 0.05) is 5.56 Å². The zero-order valence-electron chi connectivity index (χ0n) is 19.8. The van der Waals surface area contributed by atoms with E-state index in [2.05, 4.69) is 5.32 Å². The minimum atomic E-state index is -0.678. The summed E-state index contributed by atoms with van der Waals surface area (Å²) in [5, 5.41) is 2.71. The molecule has 0 spiro atoms. The minimum absolute atomic E-state index is 0.182. The van der Waals surface area contributed by atoms with E-state index in [1.54, 1.807) is 36.4 Å². The number of hydrogen-bond donors (Lipinski definition) is 1. The zero-order valence-corrected chi connectivity index (χ0v) is 19.8. The van der Waals surface area contributed by atoms with E-state index in [4.69, 9.17) is 18.9 Å². The van der Waals surface area contributed by atoms with Crippen LogP contribution in [0.5, 0.6) is 17.2 Å². The zero-order chi connectivity index (χ0) is 25.2. The number of benzene rings is 3. The van der Waals surface area contributed by atoms with Gasteiger partial charge in [-0.25, -0.2) is 4.79 Å². The topological polar surface area (TPSA) is 100 Å². The number of ketones is 1. The van der Waals surface area contributed by atoms with Gasteiger partial charge in [0.15, 0.2) is 30.5 Å². The van der Waals surface area contributed by atoms with Gasteiger partial charge in [-0.1, -0.05) is 43.3 Å². The fraction of sp³-hybridized carbons (Fsp3) is 0.222. The number of esters is 1. The van der Waals surface area contributed by atoms with Gasteiger partial charge in [-0.15, -0.1) is 0 Å². The Morgan fingerprint density at radius 1 is 0.771 bits per heavy atom. The Hall–Kier alpha value is -4.33. The molecule has 182 valence electrons. The van der Waals surface area contributed by atoms with Crippen molar-refractivity contribution in [2.24, 2.45) is 0 Å². The lowest BCUT2D eigenvalue weighted by Crippen LogP contribution is -2.20. The summed E-state index contributed by atoms with van der Waals surface area (Å²) in [6.45, 7) is 1.36. The van der Waals surface area contributed by atoms with Crippen LogP contribution in [-0.4, -0.2) is 45.1 Å². The molecule has 8 heteroatoms. The van der Waals surface area contributed by atoms with Gasteiger partial charge in [-0.05, 0) is 42.3 Å². The molecule has 0 saturated carbocycles. The Bertz CT molecular complexity index is 1190. The number of hydrogen-bond acceptors (Lipinski definition) is 7. The van der Waals surface area contributed by atoms with Crippen LogP contribution in [0.15, 0.2) is 66.7 Å². The third-order valence-corrected chi connectivity index (χ3v) is 5.16. The lowest BCUT2D eigenvalue weighted by atomic mass is 10.1. The molecule has 1 N–H and O–H groups in total. The van der Waals surface area contributed by atoms with E-state index in [-0.39, 0.29) is 36.1 Å². The highest BCUT2D eigenvalue weighted by Crippen LogP contribution is 2.29. The molecular formula is C27H27NO7. The number of rotatable bonds is 11. The van der Waals surface area contributed by atoms with E-state index in [9.17, 15) is 14.4 Å². The van der Waals surface area contributed by atoms with Gasteiger partial charge in [0.05, 0.1) is 25.5 Å². The van der Waals surface area contributed by atoms with Crippen molar-refractivity contribution in [2.45, 2.75) is 13.3 Å². The van der Waals surface area contributed by atoms with Gasteiger partial charge >= 0.3 is 5.97 Å². The molecule has 3 aromatic carbocycles. The lowest BCUT2D eigenvalue weighted by Gasteiger charge is -2.13. The Kier molecular flexibility index (Phi) is 8.83. The van der Waals surface area contributed by atoms with Crippen molar-refractivity contribution in [1.82, 2.24) is 0 Å². The van der Waals surface area contributed by atoms with Crippen LogP contribution in [0.3, 0.4) is 0 Å². The van der Waals surface area contributed by atoms with E-state index in [0.29, 0.717) is 17.0 Å². The molecule has 0 aliphatic rings. The average Bonchev–Trinajstić information content (AvgIpc) is 2.90. The van der Waals surface area contributed by atoms with E-state index in [1.807, 2.05) is 19.1 Å². The number of nitrogens with one attached hydrogen (secondary N) is 1. The summed E-state index contributed by atoms with van der Waals surface area (Å²) in [4.78, 5) is 37.0. The Morgan fingerprint density at radius 3 is 2.14 bits per heavy atom. The van der Waals surface area contributed by atoms with Crippen molar-refractivity contribution >= 4 is 23.3 Å². The van der Waals surface area contributed by atoms with Crippen LogP contribution in [0.4, 0.5) is 5.69 Å². The molecular weight excluding hydrogens is 450 g/mol. The Morgan fingerprint density at radius 2 is 1.46 bits per heavy atom. The monoisotopic (exact) mass is 477 g/mol. The van der Waals surface area contributed by atoms with E-state index in [1.165, 1.54) is 32.4 Å². The second-order valence-corrected chi connectivity index (χ2v) is 7.45. The first kappa shape index (κ1) is 25.3. The van der Waals surface area contributed by atoms with Gasteiger partial charge in [0.1, 0.15) is 5.75 Å². The van der Waals surface area contributed by atoms with Gasteiger partial charge in [-0.3, -0.25) is 9.59 Å². The first-order chi connectivity index (χ1) is 16.9. The van der Waals surface area contributed by atoms with Crippen molar-refractivity contribution in [1.29, 1.82) is 0 Å². The maximum Gasteiger partial charge on any atom is 0.338 e. The second kappa shape index (κ2) is 12.2. The van der Waals surface area contributed by atoms with Crippen LogP contribution in [0, 0.1) is 0 Å². The molecule has 8 nitrogen and oxygen atoms in total. The second-order valence-electron chi connectivity index (χ2n) is 7.45. The summed E-state index contributed by atoms with van der Waals surface area (Å²) in [5.74, 6) is -0.336. The highest BCUT2D eigenvalue weighted by Gasteiger charge is 2.16. The van der Waals surface area contributed by atoms with Crippen LogP contribution < -0.4 is 19.5 Å². The highest BCUT2D eigenvalue weighted by atomic mass is 16.5. The number of ether oxygens (including phenoxy) is 4. The Balaban J connectivity index is 1.57. The molecule has 0 atom stereocenters. The highest BCUT2D eigenvalue weighted by molar-refractivity contribution is 5.99. The predicted molar refractivity (Wildman–Crippen MR) is 131 cm³/mol. The number of amides is 1. The fourth-order valence-corrected chi connectivity index (χ4v) is 3.22. The van der Waals surface area contributed by atoms with Crippen molar-refractivity contribution in [2.75, 3.05) is 32.8 Å². The summed E-state index contributed by atoms with van der Waals surface area (Å²) >= 11 is 0. The predicted octanol–water partition coefficient (Wildman–Crippen LogP) is 4.32. The number of para-hydroxylation sites is 2.